The summed E-state index contributed by atoms with van der Waals surface area (Å²) in [4.78, 5) is 11.6. The zero-order valence-corrected chi connectivity index (χ0v) is 12.4. The highest BCUT2D eigenvalue weighted by Gasteiger charge is 2.33. The third kappa shape index (κ3) is 5.50. The van der Waals surface area contributed by atoms with E-state index in [9.17, 15) is 13.2 Å². The van der Waals surface area contributed by atoms with Gasteiger partial charge in [0, 0.05) is 0 Å². The van der Waals surface area contributed by atoms with Crippen molar-refractivity contribution in [1.29, 1.82) is 0 Å². The first-order valence-electron chi connectivity index (χ1n) is 5.51. The van der Waals surface area contributed by atoms with E-state index in [0.29, 0.717) is 0 Å². The van der Waals surface area contributed by atoms with Gasteiger partial charge in [0.2, 0.25) is 10.0 Å². The van der Waals surface area contributed by atoms with Crippen LogP contribution in [-0.2, 0) is 19.6 Å². The molecule has 0 spiro atoms. The molecule has 0 aliphatic carbocycles. The van der Waals surface area contributed by atoms with Crippen molar-refractivity contribution in [3.63, 3.8) is 0 Å². The molecule has 1 N–H and O–H groups in total. The molecule has 0 aromatic heterocycles. The SMILES string of the molecule is C[C@@H](NS(=O)(=O)C(C)(C)C)C(=O)OC(C)(C)C. The Labute approximate surface area is 104 Å². The summed E-state index contributed by atoms with van der Waals surface area (Å²) in [7, 11) is -3.55. The number of nitrogens with one attached hydrogen (secondary N) is 1. The fourth-order valence-corrected chi connectivity index (χ4v) is 1.76. The Kier molecular flexibility index (Phi) is 4.76. The standard InChI is InChI=1S/C11H23NO4S/c1-8(9(13)16-10(2,3)4)12-17(14,15)11(5,6)7/h8,12H,1-7H3/t8-/m1/s1. The Morgan fingerprint density at radius 3 is 1.82 bits per heavy atom. The molecule has 0 unspecified atom stereocenters. The van der Waals surface area contributed by atoms with Crippen LogP contribution >= 0.6 is 0 Å². The highest BCUT2D eigenvalue weighted by atomic mass is 32.2. The molecule has 17 heavy (non-hydrogen) atoms. The fraction of sp³-hybridized carbons (Fsp3) is 0.909. The molecule has 0 rings (SSSR count). The number of hydrogen-bond acceptors (Lipinski definition) is 4. The Bertz CT molecular complexity index is 373. The van der Waals surface area contributed by atoms with Crippen molar-refractivity contribution in [3.8, 4) is 0 Å². The smallest absolute Gasteiger partial charge is 0.324 e. The molecule has 102 valence electrons. The number of esters is 1. The normalized spacial score (nSPS) is 15.5. The monoisotopic (exact) mass is 265 g/mol. The van der Waals surface area contributed by atoms with E-state index in [1.807, 2.05) is 0 Å². The van der Waals surface area contributed by atoms with Crippen molar-refractivity contribution in [2.75, 3.05) is 0 Å². The van der Waals surface area contributed by atoms with Crippen LogP contribution in [0.2, 0.25) is 0 Å². The second-order valence-corrected chi connectivity index (χ2v) is 8.46. The first-order valence-corrected chi connectivity index (χ1v) is 6.99. The van der Waals surface area contributed by atoms with Crippen LogP contribution in [0.15, 0.2) is 0 Å². The zero-order chi connectivity index (χ0) is 14.1. The first-order chi connectivity index (χ1) is 7.26. The van der Waals surface area contributed by atoms with Gasteiger partial charge in [0.05, 0.1) is 4.75 Å². The summed E-state index contributed by atoms with van der Waals surface area (Å²) in [5.41, 5.74) is -0.626. The summed E-state index contributed by atoms with van der Waals surface area (Å²) in [6.07, 6.45) is 0. The Hall–Kier alpha value is -0.620. The van der Waals surface area contributed by atoms with E-state index < -0.39 is 32.4 Å². The number of carbonyl (C=O) groups excluding carboxylic acids is 1. The number of sulfonamides is 1. The fourth-order valence-electron chi connectivity index (χ4n) is 0.848. The van der Waals surface area contributed by atoms with Crippen LogP contribution in [0.1, 0.15) is 48.5 Å². The van der Waals surface area contributed by atoms with E-state index in [0.717, 1.165) is 0 Å². The average molecular weight is 265 g/mol. The third-order valence-electron chi connectivity index (χ3n) is 1.90. The lowest BCUT2D eigenvalue weighted by molar-refractivity contribution is -0.156. The van der Waals surface area contributed by atoms with Gasteiger partial charge in [-0.2, -0.15) is 0 Å². The van der Waals surface area contributed by atoms with Crippen LogP contribution < -0.4 is 4.72 Å². The topological polar surface area (TPSA) is 72.5 Å². The molecular weight excluding hydrogens is 242 g/mol. The maximum Gasteiger partial charge on any atom is 0.324 e. The second-order valence-electron chi connectivity index (χ2n) is 5.99. The van der Waals surface area contributed by atoms with Gasteiger partial charge in [0.1, 0.15) is 11.6 Å². The van der Waals surface area contributed by atoms with Gasteiger partial charge < -0.3 is 4.74 Å². The van der Waals surface area contributed by atoms with E-state index in [1.165, 1.54) is 6.92 Å². The minimum absolute atomic E-state index is 0.578. The number of rotatable bonds is 3. The van der Waals surface area contributed by atoms with Crippen LogP contribution in [0.5, 0.6) is 0 Å². The Balaban J connectivity index is 4.68. The maximum atomic E-state index is 11.8. The molecular formula is C11H23NO4S. The van der Waals surface area contributed by atoms with Crippen molar-refractivity contribution >= 4 is 16.0 Å². The van der Waals surface area contributed by atoms with Gasteiger partial charge in [0.25, 0.3) is 0 Å². The van der Waals surface area contributed by atoms with Crippen LogP contribution in [0.4, 0.5) is 0 Å². The maximum absolute atomic E-state index is 11.8. The van der Waals surface area contributed by atoms with Gasteiger partial charge >= 0.3 is 5.97 Å². The minimum atomic E-state index is -3.55. The molecule has 0 aliphatic heterocycles. The highest BCUT2D eigenvalue weighted by Crippen LogP contribution is 2.15. The summed E-state index contributed by atoms with van der Waals surface area (Å²) >= 11 is 0. The molecule has 0 saturated carbocycles. The number of hydrogen-bond donors (Lipinski definition) is 1. The van der Waals surface area contributed by atoms with Gasteiger partial charge in [-0.1, -0.05) is 0 Å². The lowest BCUT2D eigenvalue weighted by Crippen LogP contribution is -2.48. The molecule has 0 amide bonds. The second kappa shape index (κ2) is 4.94. The molecule has 6 heteroatoms. The van der Waals surface area contributed by atoms with Crippen LogP contribution in [0.3, 0.4) is 0 Å². The van der Waals surface area contributed by atoms with Gasteiger partial charge in [-0.05, 0) is 48.5 Å². The number of ether oxygens (including phenoxy) is 1. The molecule has 0 fully saturated rings. The zero-order valence-electron chi connectivity index (χ0n) is 11.6. The summed E-state index contributed by atoms with van der Waals surface area (Å²) in [5, 5.41) is 0. The van der Waals surface area contributed by atoms with E-state index >= 15 is 0 Å². The molecule has 1 atom stereocenters. The molecule has 0 aromatic rings. The van der Waals surface area contributed by atoms with E-state index in [1.54, 1.807) is 41.5 Å². The van der Waals surface area contributed by atoms with Gasteiger partial charge in [-0.15, -0.1) is 0 Å². The molecule has 0 aliphatic rings. The predicted octanol–water partition coefficient (Wildman–Crippen LogP) is 1.43. The van der Waals surface area contributed by atoms with E-state index in [2.05, 4.69) is 4.72 Å². The summed E-state index contributed by atoms with van der Waals surface area (Å²) < 4.78 is 30.1. The van der Waals surface area contributed by atoms with Gasteiger partial charge in [0.15, 0.2) is 0 Å². The highest BCUT2D eigenvalue weighted by molar-refractivity contribution is 7.90. The number of carbonyl (C=O) groups is 1. The lowest BCUT2D eigenvalue weighted by Gasteiger charge is -2.25. The lowest BCUT2D eigenvalue weighted by atomic mass is 10.2. The predicted molar refractivity (Wildman–Crippen MR) is 67.1 cm³/mol. The van der Waals surface area contributed by atoms with Crippen LogP contribution in [0, 0.1) is 0 Å². The molecule has 0 heterocycles. The Morgan fingerprint density at radius 1 is 1.12 bits per heavy atom. The average Bonchev–Trinajstić information content (AvgIpc) is 1.97. The molecule has 0 aromatic carbocycles. The van der Waals surface area contributed by atoms with Crippen molar-refractivity contribution in [3.05, 3.63) is 0 Å². The van der Waals surface area contributed by atoms with Crippen molar-refractivity contribution in [1.82, 2.24) is 4.72 Å². The van der Waals surface area contributed by atoms with Crippen molar-refractivity contribution < 1.29 is 17.9 Å². The summed E-state index contributed by atoms with van der Waals surface area (Å²) in [5.74, 6) is -0.578. The van der Waals surface area contributed by atoms with Crippen LogP contribution in [-0.4, -0.2) is 30.8 Å². The molecule has 5 nitrogen and oxygen atoms in total. The van der Waals surface area contributed by atoms with Crippen LogP contribution in [0.25, 0.3) is 0 Å². The quantitative estimate of drug-likeness (QED) is 0.784. The van der Waals surface area contributed by atoms with E-state index in [4.69, 9.17) is 4.74 Å². The van der Waals surface area contributed by atoms with Gasteiger partial charge in [-0.25, -0.2) is 13.1 Å². The molecule has 0 saturated heterocycles. The Morgan fingerprint density at radius 2 is 1.53 bits per heavy atom. The molecule has 0 bridgehead atoms. The van der Waals surface area contributed by atoms with Crippen molar-refractivity contribution in [2.24, 2.45) is 0 Å². The minimum Gasteiger partial charge on any atom is -0.459 e. The largest absolute Gasteiger partial charge is 0.459 e. The van der Waals surface area contributed by atoms with Gasteiger partial charge in [-0.3, -0.25) is 4.79 Å². The molecule has 0 radical (unpaired) electrons. The van der Waals surface area contributed by atoms with Crippen molar-refractivity contribution in [2.45, 2.75) is 64.9 Å². The third-order valence-corrected chi connectivity index (χ3v) is 4.17. The summed E-state index contributed by atoms with van der Waals surface area (Å²) in [6, 6.07) is -0.890. The van der Waals surface area contributed by atoms with E-state index in [-0.39, 0.29) is 0 Å². The summed E-state index contributed by atoms with van der Waals surface area (Å²) in [6.45, 7) is 11.4. The first kappa shape index (κ1) is 16.4.